The summed E-state index contributed by atoms with van der Waals surface area (Å²) in [6, 6.07) is 5.41. The summed E-state index contributed by atoms with van der Waals surface area (Å²) < 4.78 is 46.4. The number of esters is 1. The minimum Gasteiger partial charge on any atom is -0.447 e. The van der Waals surface area contributed by atoms with Crippen molar-refractivity contribution in [2.45, 2.75) is 77.2 Å². The van der Waals surface area contributed by atoms with Crippen LogP contribution >= 0.6 is 34.2 Å². The van der Waals surface area contributed by atoms with Crippen LogP contribution in [0.3, 0.4) is 0 Å². The Labute approximate surface area is 232 Å². The summed E-state index contributed by atoms with van der Waals surface area (Å²) in [6.45, 7) is 7.37. The van der Waals surface area contributed by atoms with E-state index in [9.17, 15) is 22.8 Å². The Kier molecular flexibility index (Phi) is 7.42. The quantitative estimate of drug-likeness (QED) is 0.218. The highest BCUT2D eigenvalue weighted by Crippen LogP contribution is 2.56. The number of hydrogen-bond donors (Lipinski definition) is 2. The molecule has 0 unspecified atom stereocenters. The molecule has 1 saturated heterocycles. The van der Waals surface area contributed by atoms with Gasteiger partial charge < -0.3 is 15.4 Å². The summed E-state index contributed by atoms with van der Waals surface area (Å²) >= 11 is 8.20. The van der Waals surface area contributed by atoms with E-state index in [4.69, 9.17) is 16.3 Å². The molecular formula is C26H30ClF3IN3O3. The normalized spacial score (nSPS) is 27.1. The lowest BCUT2D eigenvalue weighted by molar-refractivity contribution is -0.161. The minimum absolute atomic E-state index is 0.0861. The highest BCUT2D eigenvalue weighted by molar-refractivity contribution is 14.1. The number of cyclic esters (lactones) is 1. The van der Waals surface area contributed by atoms with E-state index in [2.05, 4.69) is 38.2 Å². The fraction of sp³-hybridized carbons (Fsp3) is 0.577. The van der Waals surface area contributed by atoms with E-state index in [-0.39, 0.29) is 29.5 Å². The number of anilines is 1. The standard InChI is InChI=1S/C26H30ClF3IN3O3/c1-23(2)22(36)37-25(13-31,24(23,3)4)21(35)33-16-8-6-15(7-9-16)32-19-12-20(26(28,29)30)34-18-10-5-14(27)11-17(18)19/h5,10-12,15-16H,6-9,13H2,1-4H3,(H,32,34)(H,33,35)/t15?,16?,25-/m1/s1. The molecule has 1 saturated carbocycles. The van der Waals surface area contributed by atoms with Gasteiger partial charge in [-0.05, 0) is 63.8 Å². The molecular weight excluding hydrogens is 622 g/mol. The first-order valence-electron chi connectivity index (χ1n) is 12.2. The van der Waals surface area contributed by atoms with Crippen LogP contribution in [0.5, 0.6) is 0 Å². The molecule has 2 N–H and O–H groups in total. The Hall–Kier alpha value is -1.82. The van der Waals surface area contributed by atoms with Gasteiger partial charge in [0.15, 0.2) is 0 Å². The topological polar surface area (TPSA) is 80.3 Å². The largest absolute Gasteiger partial charge is 0.447 e. The van der Waals surface area contributed by atoms with Gasteiger partial charge in [-0.3, -0.25) is 9.59 Å². The van der Waals surface area contributed by atoms with Crippen molar-refractivity contribution >= 4 is 62.7 Å². The molecule has 1 atom stereocenters. The van der Waals surface area contributed by atoms with Crippen molar-refractivity contribution in [1.82, 2.24) is 10.3 Å². The molecule has 11 heteroatoms. The maximum atomic E-state index is 13.5. The predicted octanol–water partition coefficient (Wildman–Crippen LogP) is 6.53. The molecule has 0 bridgehead atoms. The van der Waals surface area contributed by atoms with Gasteiger partial charge in [-0.15, -0.1) is 0 Å². The summed E-state index contributed by atoms with van der Waals surface area (Å²) in [4.78, 5) is 29.8. The van der Waals surface area contributed by atoms with Crippen molar-refractivity contribution in [2.24, 2.45) is 10.8 Å². The SMILES string of the molecule is CC1(C)C(=O)O[C@](CI)(C(=O)NC2CCC(Nc3cc(C(F)(F)F)nc4ccc(Cl)cc34)CC2)C1(C)C. The number of alkyl halides is 4. The molecule has 6 nitrogen and oxygen atoms in total. The summed E-state index contributed by atoms with van der Waals surface area (Å²) in [5.74, 6) is -0.688. The fourth-order valence-corrected chi connectivity index (χ4v) is 6.75. The third kappa shape index (κ3) is 4.88. The van der Waals surface area contributed by atoms with Crippen molar-refractivity contribution < 1.29 is 27.5 Å². The van der Waals surface area contributed by atoms with Gasteiger partial charge >= 0.3 is 12.1 Å². The number of pyridine rings is 1. The molecule has 0 radical (unpaired) electrons. The van der Waals surface area contributed by atoms with E-state index < -0.39 is 28.3 Å². The molecule has 2 heterocycles. The number of carbonyl (C=O) groups is 2. The van der Waals surface area contributed by atoms with Gasteiger partial charge in [0, 0.05) is 38.0 Å². The van der Waals surface area contributed by atoms with Crippen molar-refractivity contribution in [3.05, 3.63) is 35.0 Å². The molecule has 1 amide bonds. The highest BCUT2D eigenvalue weighted by atomic mass is 127. The van der Waals surface area contributed by atoms with Crippen molar-refractivity contribution in [2.75, 3.05) is 9.74 Å². The number of carbonyl (C=O) groups excluding carboxylic acids is 2. The number of halogens is 5. The predicted molar refractivity (Wildman–Crippen MR) is 145 cm³/mol. The Morgan fingerprint density at radius 3 is 2.30 bits per heavy atom. The average Bonchev–Trinajstić information content (AvgIpc) is 2.96. The smallest absolute Gasteiger partial charge is 0.433 e. The second kappa shape index (κ2) is 9.73. The maximum Gasteiger partial charge on any atom is 0.433 e. The third-order valence-corrected chi connectivity index (χ3v) is 9.70. The van der Waals surface area contributed by atoms with E-state index in [0.717, 1.165) is 6.07 Å². The number of aromatic nitrogens is 1. The van der Waals surface area contributed by atoms with Gasteiger partial charge in [0.25, 0.3) is 5.91 Å². The van der Waals surface area contributed by atoms with Gasteiger partial charge in [-0.1, -0.05) is 48.0 Å². The third-order valence-electron chi connectivity index (χ3n) is 8.39. The Morgan fingerprint density at radius 1 is 1.14 bits per heavy atom. The summed E-state index contributed by atoms with van der Waals surface area (Å²) in [6.07, 6.45) is -2.03. The Bertz CT molecular complexity index is 1230. The lowest BCUT2D eigenvalue weighted by Gasteiger charge is -2.42. The molecule has 202 valence electrons. The van der Waals surface area contributed by atoms with E-state index in [1.54, 1.807) is 19.9 Å². The first kappa shape index (κ1) is 28.2. The summed E-state index contributed by atoms with van der Waals surface area (Å²) in [5.41, 5.74) is -3.23. The number of ether oxygens (including phenoxy) is 1. The summed E-state index contributed by atoms with van der Waals surface area (Å²) in [5, 5.41) is 7.28. The van der Waals surface area contributed by atoms with Gasteiger partial charge in [-0.25, -0.2) is 4.98 Å². The summed E-state index contributed by atoms with van der Waals surface area (Å²) in [7, 11) is 0. The van der Waals surface area contributed by atoms with E-state index >= 15 is 0 Å². The molecule has 1 aromatic carbocycles. The number of nitrogens with one attached hydrogen (secondary N) is 2. The van der Waals surface area contributed by atoms with Crippen LogP contribution in [-0.4, -0.2) is 39.0 Å². The minimum atomic E-state index is -4.58. The van der Waals surface area contributed by atoms with Crippen LogP contribution in [0.4, 0.5) is 18.9 Å². The fourth-order valence-electron chi connectivity index (χ4n) is 5.13. The molecule has 37 heavy (non-hydrogen) atoms. The molecule has 1 aliphatic carbocycles. The lowest BCUT2D eigenvalue weighted by Crippen LogP contribution is -2.60. The number of fused-ring (bicyclic) bond motifs is 1. The van der Waals surface area contributed by atoms with Crippen LogP contribution in [0, 0.1) is 10.8 Å². The lowest BCUT2D eigenvalue weighted by atomic mass is 9.61. The van der Waals surface area contributed by atoms with Gasteiger partial charge in [0.05, 0.1) is 10.9 Å². The first-order chi connectivity index (χ1) is 17.1. The van der Waals surface area contributed by atoms with Crippen molar-refractivity contribution in [3.8, 4) is 0 Å². The van der Waals surface area contributed by atoms with Crippen LogP contribution in [0.2, 0.25) is 5.02 Å². The van der Waals surface area contributed by atoms with Crippen LogP contribution in [-0.2, 0) is 20.5 Å². The van der Waals surface area contributed by atoms with E-state index in [1.165, 1.54) is 12.1 Å². The number of amides is 1. The monoisotopic (exact) mass is 651 g/mol. The van der Waals surface area contributed by atoms with Gasteiger partial charge in [0.1, 0.15) is 5.69 Å². The molecule has 2 aliphatic rings. The average molecular weight is 652 g/mol. The van der Waals surface area contributed by atoms with Crippen LogP contribution in [0.25, 0.3) is 10.9 Å². The zero-order valence-corrected chi connectivity index (χ0v) is 24.0. The second-order valence-corrected chi connectivity index (χ2v) is 12.2. The second-order valence-electron chi connectivity index (χ2n) is 11.0. The zero-order chi connectivity index (χ0) is 27.4. The molecule has 1 aliphatic heterocycles. The molecule has 2 fully saturated rings. The zero-order valence-electron chi connectivity index (χ0n) is 21.1. The van der Waals surface area contributed by atoms with E-state index in [1.807, 2.05) is 13.8 Å². The van der Waals surface area contributed by atoms with Crippen LogP contribution in [0.15, 0.2) is 24.3 Å². The molecule has 2 aromatic rings. The first-order valence-corrected chi connectivity index (χ1v) is 14.1. The van der Waals surface area contributed by atoms with Gasteiger partial charge in [-0.2, -0.15) is 13.2 Å². The van der Waals surface area contributed by atoms with Gasteiger partial charge in [0.2, 0.25) is 5.60 Å². The highest BCUT2D eigenvalue weighted by Gasteiger charge is 2.69. The van der Waals surface area contributed by atoms with E-state index in [0.29, 0.717) is 46.2 Å². The number of hydrogen-bond acceptors (Lipinski definition) is 5. The maximum absolute atomic E-state index is 13.5. The van der Waals surface area contributed by atoms with Crippen LogP contribution < -0.4 is 10.6 Å². The van der Waals surface area contributed by atoms with Crippen molar-refractivity contribution in [1.29, 1.82) is 0 Å². The number of rotatable bonds is 5. The van der Waals surface area contributed by atoms with Crippen molar-refractivity contribution in [3.63, 3.8) is 0 Å². The Balaban J connectivity index is 1.46. The molecule has 4 rings (SSSR count). The molecule has 1 aromatic heterocycles. The number of benzene rings is 1. The van der Waals surface area contributed by atoms with Crippen LogP contribution in [0.1, 0.15) is 59.1 Å². The Morgan fingerprint density at radius 2 is 1.76 bits per heavy atom. The molecule has 0 spiro atoms. The number of nitrogens with zero attached hydrogens (tertiary/aromatic N) is 1.